The molecule has 1 N–H and O–H groups in total. The Morgan fingerprint density at radius 1 is 1.27 bits per heavy atom. The second-order valence-electron chi connectivity index (χ2n) is 6.74. The number of rotatable bonds is 5. The summed E-state index contributed by atoms with van der Waals surface area (Å²) >= 11 is 7.54. The minimum atomic E-state index is 0.0886. The van der Waals surface area contributed by atoms with Crippen LogP contribution in [0.4, 0.5) is 0 Å². The highest BCUT2D eigenvalue weighted by atomic mass is 32.1. The molecule has 2 aliphatic rings. The molecule has 2 atom stereocenters. The molecule has 2 aromatic rings. The first-order valence-corrected chi connectivity index (χ1v) is 10.3. The van der Waals surface area contributed by atoms with E-state index in [0.717, 1.165) is 50.2 Å². The van der Waals surface area contributed by atoms with E-state index in [1.54, 1.807) is 0 Å². The molecule has 2 fully saturated rings. The second-order valence-corrected chi connectivity index (χ2v) is 8.08. The topological polar surface area (TPSA) is 40.6 Å². The van der Waals surface area contributed by atoms with Crippen LogP contribution >= 0.6 is 23.6 Å². The van der Waals surface area contributed by atoms with Gasteiger partial charge >= 0.3 is 0 Å². The number of ether oxygens (including phenoxy) is 1. The number of aryl methyl sites for hydroxylation is 1. The molecule has 0 aromatic carbocycles. The van der Waals surface area contributed by atoms with Crippen molar-refractivity contribution in [3.63, 3.8) is 0 Å². The molecule has 0 aliphatic carbocycles. The maximum Gasteiger partial charge on any atom is 0.170 e. The van der Waals surface area contributed by atoms with Crippen LogP contribution in [0.25, 0.3) is 0 Å². The van der Waals surface area contributed by atoms with E-state index in [9.17, 15) is 0 Å². The zero-order valence-corrected chi connectivity index (χ0v) is 16.6. The van der Waals surface area contributed by atoms with Gasteiger partial charge in [-0.15, -0.1) is 11.3 Å². The molecule has 0 saturated carbocycles. The fourth-order valence-electron chi connectivity index (χ4n) is 3.69. The van der Waals surface area contributed by atoms with Crippen molar-refractivity contribution in [2.75, 3.05) is 39.4 Å². The Kier molecular flexibility index (Phi) is 5.49. The first-order chi connectivity index (χ1) is 12.7. The quantitative estimate of drug-likeness (QED) is 0.795. The van der Waals surface area contributed by atoms with Gasteiger partial charge in [0.1, 0.15) is 0 Å². The van der Waals surface area contributed by atoms with Gasteiger partial charge in [-0.3, -0.25) is 9.88 Å². The molecule has 26 heavy (non-hydrogen) atoms. The summed E-state index contributed by atoms with van der Waals surface area (Å²) in [7, 11) is 0. The van der Waals surface area contributed by atoms with Gasteiger partial charge in [-0.2, -0.15) is 0 Å². The lowest BCUT2D eigenvalue weighted by Gasteiger charge is -2.32. The molecule has 7 heteroatoms. The molecule has 4 rings (SSSR count). The summed E-state index contributed by atoms with van der Waals surface area (Å²) in [4.78, 5) is 10.8. The number of nitrogens with zero attached hydrogens (tertiary/aromatic N) is 3. The molecule has 0 radical (unpaired) electrons. The van der Waals surface area contributed by atoms with Crippen LogP contribution in [0.2, 0.25) is 0 Å². The van der Waals surface area contributed by atoms with E-state index in [2.05, 4.69) is 44.5 Å². The number of aromatic nitrogens is 1. The predicted octanol–water partition coefficient (Wildman–Crippen LogP) is 2.76. The van der Waals surface area contributed by atoms with Gasteiger partial charge in [0.2, 0.25) is 0 Å². The van der Waals surface area contributed by atoms with Crippen molar-refractivity contribution in [3.05, 3.63) is 52.0 Å². The number of hydrogen-bond donors (Lipinski definition) is 1. The molecule has 5 nitrogen and oxygen atoms in total. The van der Waals surface area contributed by atoms with Gasteiger partial charge < -0.3 is 15.0 Å². The van der Waals surface area contributed by atoms with E-state index in [1.165, 1.54) is 10.4 Å². The van der Waals surface area contributed by atoms with Crippen LogP contribution in [-0.2, 0) is 4.74 Å². The van der Waals surface area contributed by atoms with Crippen LogP contribution in [0, 0.1) is 6.92 Å². The van der Waals surface area contributed by atoms with E-state index >= 15 is 0 Å². The fraction of sp³-hybridized carbons (Fsp3) is 0.474. The minimum Gasteiger partial charge on any atom is -0.379 e. The highest BCUT2D eigenvalue weighted by molar-refractivity contribution is 7.80. The van der Waals surface area contributed by atoms with Crippen molar-refractivity contribution >= 4 is 28.7 Å². The zero-order chi connectivity index (χ0) is 17.9. The zero-order valence-electron chi connectivity index (χ0n) is 14.9. The first-order valence-electron chi connectivity index (χ1n) is 9.06. The Morgan fingerprint density at radius 2 is 2.12 bits per heavy atom. The van der Waals surface area contributed by atoms with Crippen molar-refractivity contribution in [2.45, 2.75) is 19.0 Å². The highest BCUT2D eigenvalue weighted by Gasteiger charge is 2.40. The van der Waals surface area contributed by atoms with E-state index in [-0.39, 0.29) is 12.1 Å². The first kappa shape index (κ1) is 17.9. The summed E-state index contributed by atoms with van der Waals surface area (Å²) in [5.41, 5.74) is 2.37. The van der Waals surface area contributed by atoms with Crippen LogP contribution in [0.5, 0.6) is 0 Å². The lowest BCUT2D eigenvalue weighted by atomic mass is 10.0. The van der Waals surface area contributed by atoms with Gasteiger partial charge in [-0.25, -0.2) is 0 Å². The number of nitrogens with one attached hydrogen (secondary N) is 1. The summed E-state index contributed by atoms with van der Waals surface area (Å²) in [5, 5.41) is 6.53. The molecule has 0 spiro atoms. The third-order valence-electron chi connectivity index (χ3n) is 5.13. The highest BCUT2D eigenvalue weighted by Crippen LogP contribution is 2.41. The van der Waals surface area contributed by atoms with Crippen molar-refractivity contribution < 1.29 is 4.74 Å². The van der Waals surface area contributed by atoms with Crippen LogP contribution in [0.1, 0.15) is 28.2 Å². The Morgan fingerprint density at radius 3 is 2.81 bits per heavy atom. The SMILES string of the molecule is Cc1ccsc1[C@H]1[C@@H](c2ccccn2)NC(=S)N1CCN1CCOCC1. The van der Waals surface area contributed by atoms with Crippen molar-refractivity contribution in [1.82, 2.24) is 20.1 Å². The maximum absolute atomic E-state index is 5.73. The fourth-order valence-corrected chi connectivity index (χ4v) is 5.10. The smallest absolute Gasteiger partial charge is 0.170 e. The van der Waals surface area contributed by atoms with Crippen LogP contribution in [0.3, 0.4) is 0 Å². The van der Waals surface area contributed by atoms with Gasteiger partial charge in [0.05, 0.1) is 31.0 Å². The summed E-state index contributed by atoms with van der Waals surface area (Å²) in [6.07, 6.45) is 1.86. The lowest BCUT2D eigenvalue weighted by molar-refractivity contribution is 0.0350. The number of hydrogen-bond acceptors (Lipinski definition) is 5. The molecule has 4 heterocycles. The summed E-state index contributed by atoms with van der Waals surface area (Å²) in [5.74, 6) is 0. The van der Waals surface area contributed by atoms with Crippen molar-refractivity contribution in [3.8, 4) is 0 Å². The van der Waals surface area contributed by atoms with E-state index in [4.69, 9.17) is 17.0 Å². The van der Waals surface area contributed by atoms with Crippen molar-refractivity contribution in [1.29, 1.82) is 0 Å². The monoisotopic (exact) mass is 388 g/mol. The van der Waals surface area contributed by atoms with E-state index in [0.29, 0.717) is 0 Å². The molecule has 2 aromatic heterocycles. The summed E-state index contributed by atoms with van der Waals surface area (Å²) in [6.45, 7) is 7.75. The van der Waals surface area contributed by atoms with Crippen LogP contribution in [-0.4, -0.2) is 59.3 Å². The van der Waals surface area contributed by atoms with Gasteiger partial charge in [-0.05, 0) is 48.3 Å². The molecule has 0 amide bonds. The van der Waals surface area contributed by atoms with E-state index < -0.39 is 0 Å². The average molecular weight is 389 g/mol. The third kappa shape index (κ3) is 3.62. The molecular formula is C19H24N4OS2. The van der Waals surface area contributed by atoms with Gasteiger partial charge in [0.15, 0.2) is 5.11 Å². The maximum atomic E-state index is 5.73. The number of thiocarbonyl (C=S) groups is 1. The average Bonchev–Trinajstić information content (AvgIpc) is 3.24. The molecule has 138 valence electrons. The second kappa shape index (κ2) is 8.00. The number of morpholine rings is 1. The van der Waals surface area contributed by atoms with Crippen molar-refractivity contribution in [2.24, 2.45) is 0 Å². The van der Waals surface area contributed by atoms with Gasteiger partial charge in [-0.1, -0.05) is 6.07 Å². The van der Waals surface area contributed by atoms with E-state index in [1.807, 2.05) is 29.7 Å². The van der Waals surface area contributed by atoms with Crippen LogP contribution in [0.15, 0.2) is 35.8 Å². The summed E-state index contributed by atoms with van der Waals surface area (Å²) < 4.78 is 5.46. The number of thiophene rings is 1. The number of pyridine rings is 1. The molecule has 2 saturated heterocycles. The Bertz CT molecular complexity index is 745. The molecule has 2 aliphatic heterocycles. The summed E-state index contributed by atoms with van der Waals surface area (Å²) in [6, 6.07) is 8.56. The van der Waals surface area contributed by atoms with Gasteiger partial charge in [0, 0.05) is 37.3 Å². The Labute approximate surface area is 164 Å². The molecule has 0 bridgehead atoms. The van der Waals surface area contributed by atoms with Gasteiger partial charge in [0.25, 0.3) is 0 Å². The molecular weight excluding hydrogens is 364 g/mol. The third-order valence-corrected chi connectivity index (χ3v) is 6.57. The lowest BCUT2D eigenvalue weighted by Crippen LogP contribution is -2.42. The van der Waals surface area contributed by atoms with Crippen LogP contribution < -0.4 is 5.32 Å². The largest absolute Gasteiger partial charge is 0.379 e. The Hall–Kier alpha value is -1.54. The predicted molar refractivity (Wildman–Crippen MR) is 108 cm³/mol. The standard InChI is InChI=1S/C19H24N4OS2/c1-14-5-13-26-18(14)17-16(15-4-2-3-6-20-15)21-19(25)23(17)8-7-22-9-11-24-12-10-22/h2-6,13,16-17H,7-12H2,1H3,(H,21,25)/t16-,17-/m1/s1. The normalized spacial score (nSPS) is 24.0. The molecule has 0 unspecified atom stereocenters. The minimum absolute atomic E-state index is 0.0886. The Balaban J connectivity index is 1.59.